The van der Waals surface area contributed by atoms with Crippen molar-refractivity contribution in [3.8, 4) is 0 Å². The Labute approximate surface area is 289 Å². The zero-order chi connectivity index (χ0) is 35.7. The summed E-state index contributed by atoms with van der Waals surface area (Å²) in [5.41, 5.74) is -0.651. The first kappa shape index (κ1) is 37.9. The average molecular weight is 682 g/mol. The van der Waals surface area contributed by atoms with Crippen LogP contribution in [0.15, 0.2) is 18.6 Å². The Balaban J connectivity index is 1.55. The number of aromatic nitrogens is 2. The SMILES string of the molecule is CCCC(NC(=O)C1C[C@@H](CCC)CN1C(=O)[C@@H](NC(=O)C(NC(=O)c1cnccn1)C1CCCCC1)C(C)(C)C)C(=O)C(=O)NC1CC1. The van der Waals surface area contributed by atoms with E-state index in [1.54, 1.807) is 0 Å². The molecule has 2 saturated carbocycles. The molecule has 0 radical (unpaired) electrons. The lowest BCUT2D eigenvalue weighted by Crippen LogP contribution is -2.62. The van der Waals surface area contributed by atoms with Gasteiger partial charge in [-0.05, 0) is 62.2 Å². The first-order valence-electron chi connectivity index (χ1n) is 18.2. The van der Waals surface area contributed by atoms with Crippen LogP contribution in [-0.2, 0) is 24.0 Å². The number of amides is 5. The van der Waals surface area contributed by atoms with Crippen molar-refractivity contribution in [1.29, 1.82) is 0 Å². The van der Waals surface area contributed by atoms with Crippen LogP contribution in [0.5, 0.6) is 0 Å². The molecular formula is C36H55N7O6. The molecule has 1 aliphatic heterocycles. The van der Waals surface area contributed by atoms with E-state index in [-0.39, 0.29) is 23.6 Å². The van der Waals surface area contributed by atoms with Gasteiger partial charge in [0.05, 0.1) is 12.2 Å². The highest BCUT2D eigenvalue weighted by molar-refractivity contribution is 6.38. The summed E-state index contributed by atoms with van der Waals surface area (Å²) in [4.78, 5) is 90.9. The molecule has 13 nitrogen and oxygen atoms in total. The van der Waals surface area contributed by atoms with Gasteiger partial charge in [-0.25, -0.2) is 4.98 Å². The van der Waals surface area contributed by atoms with Crippen LogP contribution in [-0.4, -0.2) is 86.9 Å². The maximum atomic E-state index is 14.5. The van der Waals surface area contributed by atoms with E-state index in [1.807, 2.05) is 34.6 Å². The summed E-state index contributed by atoms with van der Waals surface area (Å²) in [6, 6.07) is -3.75. The monoisotopic (exact) mass is 681 g/mol. The number of hydrogen-bond donors (Lipinski definition) is 4. The van der Waals surface area contributed by atoms with Gasteiger partial charge in [0.2, 0.25) is 23.5 Å². The second-order valence-corrected chi connectivity index (χ2v) is 15.1. The zero-order valence-electron chi connectivity index (χ0n) is 29.8. The van der Waals surface area contributed by atoms with Crippen LogP contribution in [0.4, 0.5) is 0 Å². The molecule has 0 bridgehead atoms. The number of likely N-dealkylation sites (tertiary alicyclic amines) is 1. The molecule has 5 atom stereocenters. The van der Waals surface area contributed by atoms with Crippen molar-refractivity contribution in [2.45, 2.75) is 142 Å². The van der Waals surface area contributed by atoms with Gasteiger partial charge in [0, 0.05) is 25.0 Å². The highest BCUT2D eigenvalue weighted by Crippen LogP contribution is 2.32. The van der Waals surface area contributed by atoms with E-state index in [1.165, 1.54) is 23.5 Å². The van der Waals surface area contributed by atoms with Crippen LogP contribution in [0.3, 0.4) is 0 Å². The lowest BCUT2D eigenvalue weighted by molar-refractivity contribution is -0.145. The Hall–Kier alpha value is -3.90. The van der Waals surface area contributed by atoms with Gasteiger partial charge in [-0.1, -0.05) is 66.7 Å². The van der Waals surface area contributed by atoms with Crippen molar-refractivity contribution in [1.82, 2.24) is 36.1 Å². The Morgan fingerprint density at radius 3 is 2.22 bits per heavy atom. The van der Waals surface area contributed by atoms with Crippen molar-refractivity contribution >= 4 is 35.3 Å². The van der Waals surface area contributed by atoms with Gasteiger partial charge in [-0.2, -0.15) is 0 Å². The summed E-state index contributed by atoms with van der Waals surface area (Å²) in [6.07, 6.45) is 13.3. The molecule has 2 aliphatic carbocycles. The number of carbonyl (C=O) groups is 6. The molecule has 3 fully saturated rings. The minimum atomic E-state index is -1.01. The van der Waals surface area contributed by atoms with Crippen LogP contribution in [0.25, 0.3) is 0 Å². The Morgan fingerprint density at radius 1 is 0.918 bits per heavy atom. The van der Waals surface area contributed by atoms with E-state index in [0.717, 1.165) is 57.8 Å². The van der Waals surface area contributed by atoms with Crippen molar-refractivity contribution in [2.24, 2.45) is 17.3 Å². The normalized spacial score (nSPS) is 21.6. The Bertz CT molecular complexity index is 1340. The van der Waals surface area contributed by atoms with Gasteiger partial charge in [-0.15, -0.1) is 0 Å². The predicted molar refractivity (Wildman–Crippen MR) is 183 cm³/mol. The lowest BCUT2D eigenvalue weighted by atomic mass is 9.82. The number of ketones is 1. The number of hydrogen-bond acceptors (Lipinski definition) is 8. The summed E-state index contributed by atoms with van der Waals surface area (Å²) in [6.45, 7) is 9.82. The van der Waals surface area contributed by atoms with Crippen molar-refractivity contribution < 1.29 is 28.8 Å². The minimum absolute atomic E-state index is 0.00904. The van der Waals surface area contributed by atoms with Crippen LogP contribution in [0.1, 0.15) is 122 Å². The molecule has 5 amide bonds. The average Bonchev–Trinajstić information content (AvgIpc) is 3.80. The van der Waals surface area contributed by atoms with Crippen LogP contribution < -0.4 is 21.3 Å². The van der Waals surface area contributed by atoms with E-state index < -0.39 is 64.9 Å². The van der Waals surface area contributed by atoms with Gasteiger partial charge in [0.15, 0.2) is 0 Å². The van der Waals surface area contributed by atoms with Crippen molar-refractivity contribution in [3.05, 3.63) is 24.3 Å². The molecule has 0 spiro atoms. The minimum Gasteiger partial charge on any atom is -0.347 e. The van der Waals surface area contributed by atoms with Gasteiger partial charge in [0.25, 0.3) is 11.8 Å². The van der Waals surface area contributed by atoms with Crippen LogP contribution >= 0.6 is 0 Å². The molecule has 3 unspecified atom stereocenters. The first-order chi connectivity index (χ1) is 23.3. The third-order valence-corrected chi connectivity index (χ3v) is 9.90. The summed E-state index contributed by atoms with van der Waals surface area (Å²) in [5, 5.41) is 11.4. The molecule has 4 rings (SSSR count). The molecule has 13 heteroatoms. The molecule has 1 aromatic rings. The fraction of sp³-hybridized carbons (Fsp3) is 0.722. The van der Waals surface area contributed by atoms with E-state index in [0.29, 0.717) is 25.8 Å². The largest absolute Gasteiger partial charge is 0.347 e. The number of Topliss-reactive ketones (excluding diaryl/α,β-unsaturated/α-hetero) is 1. The molecule has 2 heterocycles. The number of nitrogens with one attached hydrogen (secondary N) is 4. The van der Waals surface area contributed by atoms with E-state index in [2.05, 4.69) is 31.2 Å². The van der Waals surface area contributed by atoms with Gasteiger partial charge >= 0.3 is 0 Å². The zero-order valence-corrected chi connectivity index (χ0v) is 29.8. The Kier molecular flexibility index (Phi) is 13.3. The molecule has 1 aromatic heterocycles. The van der Waals surface area contributed by atoms with Crippen molar-refractivity contribution in [3.63, 3.8) is 0 Å². The molecule has 270 valence electrons. The maximum Gasteiger partial charge on any atom is 0.289 e. The number of rotatable bonds is 15. The molecule has 1 saturated heterocycles. The maximum absolute atomic E-state index is 14.5. The lowest BCUT2D eigenvalue weighted by Gasteiger charge is -2.37. The summed E-state index contributed by atoms with van der Waals surface area (Å²) >= 11 is 0. The summed E-state index contributed by atoms with van der Waals surface area (Å²) < 4.78 is 0. The van der Waals surface area contributed by atoms with Crippen molar-refractivity contribution in [2.75, 3.05) is 6.54 Å². The highest BCUT2D eigenvalue weighted by Gasteiger charge is 2.46. The molecule has 3 aliphatic rings. The summed E-state index contributed by atoms with van der Waals surface area (Å²) in [5.74, 6) is -3.29. The third kappa shape index (κ3) is 10.3. The molecule has 49 heavy (non-hydrogen) atoms. The standard InChI is InChI=1S/C36H55N7O6/c1-6-11-22-19-27(32(46)40-25(12-7-2)29(44)34(48)39-24-15-16-24)43(21-22)35(49)30(36(3,4)5)42-33(47)28(23-13-9-8-10-14-23)41-31(45)26-20-37-17-18-38-26/h17-18,20,22-25,27-28,30H,6-16,19,21H2,1-5H3,(H,39,48)(H,40,46)(H,41,45)(H,42,47)/t22-,25?,27?,28?,30-/m1/s1. The van der Waals surface area contributed by atoms with Gasteiger partial charge in [0.1, 0.15) is 23.8 Å². The van der Waals surface area contributed by atoms with E-state index in [9.17, 15) is 28.8 Å². The molecule has 4 N–H and O–H groups in total. The first-order valence-corrected chi connectivity index (χ1v) is 18.2. The van der Waals surface area contributed by atoms with Gasteiger partial charge in [-0.3, -0.25) is 33.8 Å². The van der Waals surface area contributed by atoms with Crippen LogP contribution in [0.2, 0.25) is 0 Å². The highest BCUT2D eigenvalue weighted by atomic mass is 16.2. The quantitative estimate of drug-likeness (QED) is 0.204. The second kappa shape index (κ2) is 17.2. The van der Waals surface area contributed by atoms with Crippen LogP contribution in [0, 0.1) is 17.3 Å². The fourth-order valence-corrected chi connectivity index (χ4v) is 7.04. The second-order valence-electron chi connectivity index (χ2n) is 15.1. The number of nitrogens with zero attached hydrogens (tertiary/aromatic N) is 3. The Morgan fingerprint density at radius 2 is 1.63 bits per heavy atom. The number of carbonyl (C=O) groups excluding carboxylic acids is 6. The topological polar surface area (TPSA) is 180 Å². The van der Waals surface area contributed by atoms with E-state index in [4.69, 9.17) is 0 Å². The third-order valence-electron chi connectivity index (χ3n) is 9.90. The molecule has 0 aromatic carbocycles. The summed E-state index contributed by atoms with van der Waals surface area (Å²) in [7, 11) is 0. The molecular weight excluding hydrogens is 626 g/mol. The van der Waals surface area contributed by atoms with Gasteiger partial charge < -0.3 is 26.2 Å². The van der Waals surface area contributed by atoms with E-state index >= 15 is 0 Å². The smallest absolute Gasteiger partial charge is 0.289 e. The predicted octanol–water partition coefficient (Wildman–Crippen LogP) is 2.84. The fourth-order valence-electron chi connectivity index (χ4n) is 7.04.